The average molecular weight is 229 g/mol. The maximum Gasteiger partial charge on any atom is 0.243 e. The summed E-state index contributed by atoms with van der Waals surface area (Å²) in [6.07, 6.45) is 3.43. The zero-order valence-corrected chi connectivity index (χ0v) is 9.29. The number of nitrogens with one attached hydrogen (secondary N) is 1. The molecule has 0 radical (unpaired) electrons. The molecule has 17 heavy (non-hydrogen) atoms. The van der Waals surface area contributed by atoms with Crippen molar-refractivity contribution in [1.82, 2.24) is 19.8 Å². The predicted octanol–water partition coefficient (Wildman–Crippen LogP) is 1.64. The van der Waals surface area contributed by atoms with E-state index in [9.17, 15) is 0 Å². The highest BCUT2D eigenvalue weighted by Crippen LogP contribution is 2.08. The van der Waals surface area contributed by atoms with Gasteiger partial charge in [-0.1, -0.05) is 5.16 Å². The molecule has 0 aliphatic heterocycles. The van der Waals surface area contributed by atoms with Crippen molar-refractivity contribution in [2.45, 2.75) is 13.5 Å². The first-order valence-electron chi connectivity index (χ1n) is 5.27. The highest BCUT2D eigenvalue weighted by Gasteiger charge is 2.03. The minimum absolute atomic E-state index is 0.548. The first-order chi connectivity index (χ1) is 8.31. The third-order valence-electron chi connectivity index (χ3n) is 2.41. The fourth-order valence-electron chi connectivity index (χ4n) is 1.56. The molecule has 86 valence electrons. The van der Waals surface area contributed by atoms with Gasteiger partial charge in [0.15, 0.2) is 5.65 Å². The molecule has 6 heteroatoms. The monoisotopic (exact) mass is 229 g/mol. The van der Waals surface area contributed by atoms with E-state index < -0.39 is 0 Å². The number of nitrogens with zero attached hydrogens (tertiary/aromatic N) is 4. The summed E-state index contributed by atoms with van der Waals surface area (Å²) in [5.74, 6) is 0.582. The maximum atomic E-state index is 4.74. The minimum atomic E-state index is 0.548. The SMILES string of the molecule is Cc1ccn2nc(NCc3ccon3)nc2c1. The summed E-state index contributed by atoms with van der Waals surface area (Å²) in [5.41, 5.74) is 2.81. The third kappa shape index (κ3) is 1.96. The third-order valence-corrected chi connectivity index (χ3v) is 2.41. The molecule has 0 aliphatic rings. The lowest BCUT2D eigenvalue weighted by atomic mass is 10.3. The van der Waals surface area contributed by atoms with Gasteiger partial charge in [-0.3, -0.25) is 0 Å². The van der Waals surface area contributed by atoms with E-state index >= 15 is 0 Å². The molecule has 3 aromatic rings. The largest absolute Gasteiger partial charge is 0.364 e. The summed E-state index contributed by atoms with van der Waals surface area (Å²) < 4.78 is 6.48. The van der Waals surface area contributed by atoms with Crippen molar-refractivity contribution in [1.29, 1.82) is 0 Å². The number of hydrogen-bond acceptors (Lipinski definition) is 5. The summed E-state index contributed by atoms with van der Waals surface area (Å²) in [6, 6.07) is 5.77. The topological polar surface area (TPSA) is 68.2 Å². The molecule has 6 nitrogen and oxygen atoms in total. The number of anilines is 1. The van der Waals surface area contributed by atoms with Crippen molar-refractivity contribution in [3.63, 3.8) is 0 Å². The average Bonchev–Trinajstić information content (AvgIpc) is 2.94. The number of aromatic nitrogens is 4. The molecule has 0 unspecified atom stereocenters. The lowest BCUT2D eigenvalue weighted by Gasteiger charge is -1.95. The molecule has 0 amide bonds. The summed E-state index contributed by atoms with van der Waals surface area (Å²) >= 11 is 0. The van der Waals surface area contributed by atoms with Crippen LogP contribution in [0.1, 0.15) is 11.3 Å². The highest BCUT2D eigenvalue weighted by atomic mass is 16.5. The molecule has 0 atom stereocenters. The van der Waals surface area contributed by atoms with Crippen molar-refractivity contribution >= 4 is 11.6 Å². The van der Waals surface area contributed by atoms with Crippen molar-refractivity contribution in [2.75, 3.05) is 5.32 Å². The normalized spacial score (nSPS) is 10.9. The number of rotatable bonds is 3. The van der Waals surface area contributed by atoms with E-state index in [4.69, 9.17) is 4.52 Å². The minimum Gasteiger partial charge on any atom is -0.364 e. The van der Waals surface area contributed by atoms with Crippen LogP contribution in [0.15, 0.2) is 35.2 Å². The van der Waals surface area contributed by atoms with Crippen LogP contribution in [-0.2, 0) is 6.54 Å². The van der Waals surface area contributed by atoms with Crippen LogP contribution in [0.4, 0.5) is 5.95 Å². The van der Waals surface area contributed by atoms with Gasteiger partial charge < -0.3 is 9.84 Å². The van der Waals surface area contributed by atoms with Crippen molar-refractivity contribution in [3.8, 4) is 0 Å². The van der Waals surface area contributed by atoms with E-state index in [1.807, 2.05) is 25.3 Å². The smallest absolute Gasteiger partial charge is 0.243 e. The molecule has 0 aliphatic carbocycles. The van der Waals surface area contributed by atoms with Crippen LogP contribution < -0.4 is 5.32 Å². The molecule has 0 aromatic carbocycles. The molecule has 1 N–H and O–H groups in total. The van der Waals surface area contributed by atoms with Gasteiger partial charge in [0.2, 0.25) is 5.95 Å². The standard InChI is InChI=1S/C11H11N5O/c1-8-2-4-16-10(6-8)13-11(14-16)12-7-9-3-5-17-15-9/h2-6H,7H2,1H3,(H,12,14). The van der Waals surface area contributed by atoms with Gasteiger partial charge in [0.05, 0.1) is 6.54 Å². The Morgan fingerprint density at radius 1 is 1.41 bits per heavy atom. The first kappa shape index (κ1) is 9.83. The molecular formula is C11H11N5O. The van der Waals surface area contributed by atoms with Gasteiger partial charge in [-0.2, -0.15) is 4.98 Å². The molecule has 3 heterocycles. The second kappa shape index (κ2) is 3.89. The Bertz CT molecular complexity index is 628. The summed E-state index contributed by atoms with van der Waals surface area (Å²) in [7, 11) is 0. The van der Waals surface area contributed by atoms with E-state index in [1.165, 1.54) is 6.26 Å². The number of aryl methyl sites for hydroxylation is 1. The Kier molecular flexibility index (Phi) is 2.25. The lowest BCUT2D eigenvalue weighted by molar-refractivity contribution is 0.412. The Labute approximate surface area is 97.3 Å². The number of hydrogen-bond donors (Lipinski definition) is 1. The molecule has 3 rings (SSSR count). The van der Waals surface area contributed by atoms with Crippen LogP contribution >= 0.6 is 0 Å². The Hall–Kier alpha value is -2.37. The van der Waals surface area contributed by atoms with Gasteiger partial charge >= 0.3 is 0 Å². The molecule has 3 aromatic heterocycles. The Morgan fingerprint density at radius 3 is 3.18 bits per heavy atom. The summed E-state index contributed by atoms with van der Waals surface area (Å²) in [6.45, 7) is 2.57. The van der Waals surface area contributed by atoms with Gasteiger partial charge in [0, 0.05) is 12.3 Å². The van der Waals surface area contributed by atoms with Crippen LogP contribution in [0.3, 0.4) is 0 Å². The fraction of sp³-hybridized carbons (Fsp3) is 0.182. The van der Waals surface area contributed by atoms with Crippen LogP contribution in [-0.4, -0.2) is 19.8 Å². The van der Waals surface area contributed by atoms with E-state index in [0.29, 0.717) is 12.5 Å². The Balaban J connectivity index is 1.81. The molecular weight excluding hydrogens is 218 g/mol. The summed E-state index contributed by atoms with van der Waals surface area (Å²) in [5, 5.41) is 11.2. The molecule has 0 fully saturated rings. The second-order valence-electron chi connectivity index (χ2n) is 3.79. The van der Waals surface area contributed by atoms with E-state index in [2.05, 4.69) is 20.6 Å². The van der Waals surface area contributed by atoms with E-state index in [1.54, 1.807) is 10.6 Å². The van der Waals surface area contributed by atoms with Crippen molar-refractivity contribution in [2.24, 2.45) is 0 Å². The van der Waals surface area contributed by atoms with Gasteiger partial charge in [-0.25, -0.2) is 4.52 Å². The van der Waals surface area contributed by atoms with Crippen LogP contribution in [0, 0.1) is 6.92 Å². The molecule has 0 bridgehead atoms. The fourth-order valence-corrected chi connectivity index (χ4v) is 1.56. The zero-order valence-electron chi connectivity index (χ0n) is 9.29. The van der Waals surface area contributed by atoms with Gasteiger partial charge in [-0.05, 0) is 24.6 Å². The van der Waals surface area contributed by atoms with Crippen LogP contribution in [0.2, 0.25) is 0 Å². The Morgan fingerprint density at radius 2 is 2.35 bits per heavy atom. The van der Waals surface area contributed by atoms with E-state index in [0.717, 1.165) is 16.9 Å². The maximum absolute atomic E-state index is 4.74. The first-order valence-corrected chi connectivity index (χ1v) is 5.27. The molecule has 0 saturated heterocycles. The molecule has 0 saturated carbocycles. The number of fused-ring (bicyclic) bond motifs is 1. The van der Waals surface area contributed by atoms with Gasteiger partial charge in [0.1, 0.15) is 12.0 Å². The van der Waals surface area contributed by atoms with Crippen LogP contribution in [0.5, 0.6) is 0 Å². The van der Waals surface area contributed by atoms with E-state index in [-0.39, 0.29) is 0 Å². The zero-order chi connectivity index (χ0) is 11.7. The van der Waals surface area contributed by atoms with Crippen LogP contribution in [0.25, 0.3) is 5.65 Å². The predicted molar refractivity (Wildman–Crippen MR) is 61.6 cm³/mol. The highest BCUT2D eigenvalue weighted by molar-refractivity contribution is 5.45. The van der Waals surface area contributed by atoms with Crippen molar-refractivity contribution < 1.29 is 4.52 Å². The summed E-state index contributed by atoms with van der Waals surface area (Å²) in [4.78, 5) is 4.36. The second-order valence-corrected chi connectivity index (χ2v) is 3.79. The quantitative estimate of drug-likeness (QED) is 0.739. The molecule has 0 spiro atoms. The van der Waals surface area contributed by atoms with Crippen molar-refractivity contribution in [3.05, 3.63) is 41.9 Å². The number of pyridine rings is 1. The lowest BCUT2D eigenvalue weighted by Crippen LogP contribution is -2.01. The van der Waals surface area contributed by atoms with Gasteiger partial charge in [0.25, 0.3) is 0 Å². The van der Waals surface area contributed by atoms with Gasteiger partial charge in [-0.15, -0.1) is 5.10 Å².